The first kappa shape index (κ1) is 12.1. The monoisotopic (exact) mass is 186 g/mol. The highest BCUT2D eigenvalue weighted by atomic mass is 16.3. The van der Waals surface area contributed by atoms with Gasteiger partial charge in [-0.15, -0.1) is 0 Å². The lowest BCUT2D eigenvalue weighted by atomic mass is 9.89. The molecule has 76 valence electrons. The number of nitrogens with zero attached hydrogens (tertiary/aromatic N) is 2. The molecule has 0 unspecified atom stereocenters. The van der Waals surface area contributed by atoms with Gasteiger partial charge in [0.1, 0.15) is 0 Å². The number of rotatable bonds is 5. The zero-order valence-corrected chi connectivity index (χ0v) is 8.83. The summed E-state index contributed by atoms with van der Waals surface area (Å²) in [6.07, 6.45) is 0.378. The summed E-state index contributed by atoms with van der Waals surface area (Å²) in [5.41, 5.74) is -0.317. The maximum absolute atomic E-state index is 11.4. The summed E-state index contributed by atoms with van der Waals surface area (Å²) >= 11 is 0. The highest BCUT2D eigenvalue weighted by Crippen LogP contribution is 2.21. The van der Waals surface area contributed by atoms with Crippen LogP contribution in [0.3, 0.4) is 0 Å². The Hall–Kier alpha value is -0.930. The molecule has 13 heavy (non-hydrogen) atoms. The van der Waals surface area contributed by atoms with Gasteiger partial charge in [-0.3, -0.25) is 4.79 Å². The Morgan fingerprint density at radius 2 is 2.00 bits per heavy atom. The third kappa shape index (κ3) is 4.60. The molecule has 0 rings (SSSR count). The molecule has 0 aliphatic rings. The molecular weight excluding hydrogens is 168 g/mol. The Labute approximate surface area is 79.3 Å². The van der Waals surface area contributed by atoms with Gasteiger partial charge in [0.15, 0.2) is 0 Å². The highest BCUT2D eigenvalue weighted by Gasteiger charge is 2.23. The summed E-state index contributed by atoms with van der Waals surface area (Å²) in [5.74, 6) is 0.0659. The number of hydrogen-bond acceptors (Lipinski definition) is 3. The van der Waals surface area contributed by atoms with E-state index in [1.807, 2.05) is 20.8 Å². The summed E-state index contributed by atoms with van der Waals surface area (Å²) in [7, 11) is 1.76. The van der Waals surface area contributed by atoms with Crippen LogP contribution in [0.15, 0.2) is 5.18 Å². The largest absolute Gasteiger partial charge is 0.346 e. The smallest absolute Gasteiger partial charge is 0.222 e. The lowest BCUT2D eigenvalue weighted by Gasteiger charge is -2.23. The van der Waals surface area contributed by atoms with Gasteiger partial charge in [0.25, 0.3) is 0 Å². The average molecular weight is 186 g/mol. The van der Waals surface area contributed by atoms with Crippen LogP contribution in [0.2, 0.25) is 0 Å². The van der Waals surface area contributed by atoms with Crippen molar-refractivity contribution in [1.82, 2.24) is 4.90 Å². The van der Waals surface area contributed by atoms with E-state index in [1.54, 1.807) is 11.9 Å². The molecule has 0 aliphatic heterocycles. The second-order valence-electron chi connectivity index (χ2n) is 4.04. The predicted octanol–water partition coefficient (Wildman–Crippen LogP) is 1.65. The molecule has 0 fully saturated rings. The third-order valence-electron chi connectivity index (χ3n) is 2.02. The number of nitroso groups, excluding NO2 is 1. The Kier molecular flexibility index (Phi) is 4.59. The summed E-state index contributed by atoms with van der Waals surface area (Å²) in [4.78, 5) is 23.2. The SMILES string of the molecule is CCN(C)C(=O)CC(C)(C)CN=O. The zero-order valence-electron chi connectivity index (χ0n) is 8.83. The summed E-state index contributed by atoms with van der Waals surface area (Å²) in [6.45, 7) is 6.55. The van der Waals surface area contributed by atoms with Crippen molar-refractivity contribution in [1.29, 1.82) is 0 Å². The molecule has 0 spiro atoms. The lowest BCUT2D eigenvalue weighted by molar-refractivity contribution is -0.131. The number of carbonyl (C=O) groups is 1. The van der Waals surface area contributed by atoms with Crippen LogP contribution in [0.1, 0.15) is 27.2 Å². The van der Waals surface area contributed by atoms with Crippen LogP contribution < -0.4 is 0 Å². The molecule has 0 atom stereocenters. The van der Waals surface area contributed by atoms with Crippen molar-refractivity contribution in [2.75, 3.05) is 20.1 Å². The van der Waals surface area contributed by atoms with Crippen molar-refractivity contribution in [3.8, 4) is 0 Å². The summed E-state index contributed by atoms with van der Waals surface area (Å²) in [5, 5.41) is 2.82. The van der Waals surface area contributed by atoms with E-state index < -0.39 is 0 Å². The Bertz CT molecular complexity index is 190. The van der Waals surface area contributed by atoms with Crippen molar-refractivity contribution >= 4 is 5.91 Å². The van der Waals surface area contributed by atoms with Gasteiger partial charge in [0.05, 0.1) is 6.54 Å². The summed E-state index contributed by atoms with van der Waals surface area (Å²) < 4.78 is 0. The molecule has 0 aromatic heterocycles. The normalized spacial score (nSPS) is 11.1. The van der Waals surface area contributed by atoms with E-state index in [-0.39, 0.29) is 17.9 Å². The molecule has 4 heteroatoms. The van der Waals surface area contributed by atoms with E-state index >= 15 is 0 Å². The quantitative estimate of drug-likeness (QED) is 0.613. The van der Waals surface area contributed by atoms with Crippen LogP contribution in [0, 0.1) is 10.3 Å². The fraction of sp³-hybridized carbons (Fsp3) is 0.889. The van der Waals surface area contributed by atoms with Crippen LogP contribution in [-0.2, 0) is 4.79 Å². The molecule has 0 heterocycles. The molecule has 0 aromatic carbocycles. The van der Waals surface area contributed by atoms with Crippen LogP contribution in [0.25, 0.3) is 0 Å². The van der Waals surface area contributed by atoms with Crippen LogP contribution in [0.4, 0.5) is 0 Å². The van der Waals surface area contributed by atoms with Crippen molar-refractivity contribution < 1.29 is 4.79 Å². The van der Waals surface area contributed by atoms with Gasteiger partial charge in [-0.2, -0.15) is 4.91 Å². The fourth-order valence-corrected chi connectivity index (χ4v) is 0.951. The van der Waals surface area contributed by atoms with E-state index in [1.165, 1.54) is 0 Å². The topological polar surface area (TPSA) is 49.7 Å². The maximum atomic E-state index is 11.4. The minimum Gasteiger partial charge on any atom is -0.346 e. The Morgan fingerprint density at radius 3 is 2.38 bits per heavy atom. The molecule has 1 amide bonds. The van der Waals surface area contributed by atoms with Gasteiger partial charge in [-0.1, -0.05) is 19.0 Å². The molecule has 0 N–H and O–H groups in total. The van der Waals surface area contributed by atoms with Gasteiger partial charge in [-0.25, -0.2) is 0 Å². The van der Waals surface area contributed by atoms with Crippen LogP contribution in [-0.4, -0.2) is 30.9 Å². The predicted molar refractivity (Wildman–Crippen MR) is 52.4 cm³/mol. The van der Waals surface area contributed by atoms with Gasteiger partial charge in [-0.05, 0) is 12.3 Å². The average Bonchev–Trinajstić information content (AvgIpc) is 2.01. The molecule has 0 bridgehead atoms. The Morgan fingerprint density at radius 1 is 1.46 bits per heavy atom. The summed E-state index contributed by atoms with van der Waals surface area (Å²) in [6, 6.07) is 0. The number of carbonyl (C=O) groups excluding carboxylic acids is 1. The Balaban J connectivity index is 4.10. The van der Waals surface area contributed by atoms with Crippen molar-refractivity contribution in [3.05, 3.63) is 4.91 Å². The molecule has 0 saturated heterocycles. The third-order valence-corrected chi connectivity index (χ3v) is 2.02. The fourth-order valence-electron chi connectivity index (χ4n) is 0.951. The van der Waals surface area contributed by atoms with Crippen LogP contribution in [0.5, 0.6) is 0 Å². The first-order chi connectivity index (χ1) is 5.93. The van der Waals surface area contributed by atoms with Crippen molar-refractivity contribution in [2.45, 2.75) is 27.2 Å². The van der Waals surface area contributed by atoms with Gasteiger partial charge in [0.2, 0.25) is 5.91 Å². The maximum Gasteiger partial charge on any atom is 0.222 e. The van der Waals surface area contributed by atoms with E-state index in [4.69, 9.17) is 0 Å². The van der Waals surface area contributed by atoms with E-state index in [2.05, 4.69) is 5.18 Å². The molecule has 0 saturated carbocycles. The number of hydrogen-bond donors (Lipinski definition) is 0. The standard InChI is InChI=1S/C9H18N2O2/c1-5-11(4)8(12)6-9(2,3)7-10-13/h5-7H2,1-4H3. The second kappa shape index (κ2) is 4.94. The van der Waals surface area contributed by atoms with Crippen molar-refractivity contribution in [3.63, 3.8) is 0 Å². The first-order valence-corrected chi connectivity index (χ1v) is 4.46. The van der Waals surface area contributed by atoms with Crippen molar-refractivity contribution in [2.24, 2.45) is 10.6 Å². The molecule has 4 nitrogen and oxygen atoms in total. The first-order valence-electron chi connectivity index (χ1n) is 4.46. The van der Waals surface area contributed by atoms with Gasteiger partial charge < -0.3 is 4.90 Å². The van der Waals surface area contributed by atoms with E-state index in [0.29, 0.717) is 13.0 Å². The molecular formula is C9H18N2O2. The number of amides is 1. The van der Waals surface area contributed by atoms with Crippen LogP contribution >= 0.6 is 0 Å². The van der Waals surface area contributed by atoms with E-state index in [9.17, 15) is 9.70 Å². The molecule has 0 aromatic rings. The van der Waals surface area contributed by atoms with Gasteiger partial charge in [0, 0.05) is 20.0 Å². The minimum atomic E-state index is -0.317. The minimum absolute atomic E-state index is 0.0659. The molecule has 0 aliphatic carbocycles. The zero-order chi connectivity index (χ0) is 10.5. The highest BCUT2D eigenvalue weighted by molar-refractivity contribution is 5.76. The van der Waals surface area contributed by atoms with E-state index in [0.717, 1.165) is 0 Å². The second-order valence-corrected chi connectivity index (χ2v) is 4.04. The lowest BCUT2D eigenvalue weighted by Crippen LogP contribution is -2.31. The molecule has 0 radical (unpaired) electrons. The van der Waals surface area contributed by atoms with Gasteiger partial charge >= 0.3 is 0 Å².